The molecule has 1 rings (SSSR count). The number of nitrogens with two attached hydrogens (primary N) is 1. The molecule has 0 saturated carbocycles. The molecule has 0 aliphatic heterocycles. The first kappa shape index (κ1) is 12.5. The summed E-state index contributed by atoms with van der Waals surface area (Å²) in [6.45, 7) is 5.95. The van der Waals surface area contributed by atoms with Gasteiger partial charge in [0.2, 0.25) is 0 Å². The lowest BCUT2D eigenvalue weighted by atomic mass is 10.1. The van der Waals surface area contributed by atoms with Gasteiger partial charge in [0.25, 0.3) is 0 Å². The molecule has 1 aromatic carbocycles. The highest BCUT2D eigenvalue weighted by atomic mass is 79.9. The average Bonchev–Trinajstić information content (AvgIpc) is 1.99. The third-order valence-corrected chi connectivity index (χ3v) is 2.50. The number of ether oxygens (including phenoxy) is 1. The Morgan fingerprint density at radius 1 is 1.40 bits per heavy atom. The van der Waals surface area contributed by atoms with Crippen molar-refractivity contribution in [3.05, 3.63) is 28.2 Å². The molecule has 0 bridgehead atoms. The molecule has 0 atom stereocenters. The minimum atomic E-state index is -0.264. The van der Waals surface area contributed by atoms with Crippen LogP contribution in [0.1, 0.15) is 26.3 Å². The van der Waals surface area contributed by atoms with Crippen LogP contribution in [-0.4, -0.2) is 10.6 Å². The van der Waals surface area contributed by atoms with Crippen LogP contribution in [0.15, 0.2) is 22.7 Å². The predicted octanol–water partition coefficient (Wildman–Crippen LogP) is 3.26. The van der Waals surface area contributed by atoms with Crippen LogP contribution in [0, 0.1) is 0 Å². The monoisotopic (exact) mass is 287 g/mol. The first-order chi connectivity index (χ1) is 6.81. The fraction of sp³-hybridized carbons (Fsp3) is 0.364. The van der Waals surface area contributed by atoms with Crippen LogP contribution >= 0.6 is 28.1 Å². The fourth-order valence-corrected chi connectivity index (χ4v) is 2.06. The lowest BCUT2D eigenvalue weighted by molar-refractivity contribution is 0.130. The van der Waals surface area contributed by atoms with Gasteiger partial charge in [-0.25, -0.2) is 0 Å². The van der Waals surface area contributed by atoms with Crippen molar-refractivity contribution in [2.75, 3.05) is 0 Å². The fourth-order valence-electron chi connectivity index (χ4n) is 1.16. The van der Waals surface area contributed by atoms with Crippen molar-refractivity contribution in [2.24, 2.45) is 5.73 Å². The molecule has 15 heavy (non-hydrogen) atoms. The second-order valence-corrected chi connectivity index (χ2v) is 5.49. The Morgan fingerprint density at radius 2 is 2.00 bits per heavy atom. The summed E-state index contributed by atoms with van der Waals surface area (Å²) in [5, 5.41) is 0. The zero-order chi connectivity index (χ0) is 11.6. The van der Waals surface area contributed by atoms with Crippen molar-refractivity contribution in [3.63, 3.8) is 0 Å². The molecule has 1 aromatic rings. The average molecular weight is 288 g/mol. The summed E-state index contributed by atoms with van der Waals surface area (Å²) in [4.78, 5) is 0.335. The van der Waals surface area contributed by atoms with Crippen LogP contribution < -0.4 is 10.5 Å². The Morgan fingerprint density at radius 3 is 2.47 bits per heavy atom. The zero-order valence-electron chi connectivity index (χ0n) is 9.00. The SMILES string of the molecule is CC(C)(C)Oc1cccc(Br)c1C(N)=S. The lowest BCUT2D eigenvalue weighted by Crippen LogP contribution is -2.25. The Kier molecular flexibility index (Phi) is 3.73. The molecule has 0 saturated heterocycles. The highest BCUT2D eigenvalue weighted by Crippen LogP contribution is 2.29. The normalized spacial score (nSPS) is 11.2. The summed E-state index contributed by atoms with van der Waals surface area (Å²) in [6.07, 6.45) is 0. The molecule has 0 unspecified atom stereocenters. The third kappa shape index (κ3) is 3.47. The number of halogens is 1. The standard InChI is InChI=1S/C11H14BrNOS/c1-11(2,3)14-8-6-4-5-7(12)9(8)10(13)15/h4-6H,1-3H3,(H2,13,15). The van der Waals surface area contributed by atoms with Crippen molar-refractivity contribution in [3.8, 4) is 5.75 Å². The molecule has 82 valence electrons. The molecule has 4 heteroatoms. The molecule has 0 radical (unpaired) electrons. The van der Waals surface area contributed by atoms with E-state index in [0.717, 1.165) is 10.0 Å². The number of thiocarbonyl (C=S) groups is 1. The molecular weight excluding hydrogens is 274 g/mol. The maximum absolute atomic E-state index is 5.78. The van der Waals surface area contributed by atoms with E-state index in [1.54, 1.807) is 0 Å². The number of rotatable bonds is 2. The van der Waals surface area contributed by atoms with E-state index in [0.29, 0.717) is 10.7 Å². The third-order valence-electron chi connectivity index (χ3n) is 1.64. The second kappa shape index (κ2) is 4.49. The van der Waals surface area contributed by atoms with Crippen LogP contribution in [0.5, 0.6) is 5.75 Å². The first-order valence-electron chi connectivity index (χ1n) is 4.58. The molecule has 0 aliphatic rings. The van der Waals surface area contributed by atoms with Crippen molar-refractivity contribution in [1.82, 2.24) is 0 Å². The van der Waals surface area contributed by atoms with Gasteiger partial charge < -0.3 is 10.5 Å². The molecule has 0 fully saturated rings. The topological polar surface area (TPSA) is 35.2 Å². The largest absolute Gasteiger partial charge is 0.487 e. The molecule has 2 N–H and O–H groups in total. The number of hydrogen-bond donors (Lipinski definition) is 1. The molecule has 2 nitrogen and oxygen atoms in total. The van der Waals surface area contributed by atoms with Crippen molar-refractivity contribution in [2.45, 2.75) is 26.4 Å². The van der Waals surface area contributed by atoms with Gasteiger partial charge in [0.05, 0.1) is 5.56 Å². The minimum absolute atomic E-state index is 0.264. The Bertz CT molecular complexity index is 385. The van der Waals surface area contributed by atoms with Crippen molar-refractivity contribution < 1.29 is 4.74 Å². The smallest absolute Gasteiger partial charge is 0.131 e. The molecule has 0 aliphatic carbocycles. The quantitative estimate of drug-likeness (QED) is 0.848. The van der Waals surface area contributed by atoms with E-state index in [4.69, 9.17) is 22.7 Å². The predicted molar refractivity (Wildman–Crippen MR) is 70.4 cm³/mol. The first-order valence-corrected chi connectivity index (χ1v) is 5.79. The van der Waals surface area contributed by atoms with Crippen molar-refractivity contribution in [1.29, 1.82) is 0 Å². The highest BCUT2D eigenvalue weighted by Gasteiger charge is 2.17. The van der Waals surface area contributed by atoms with Gasteiger partial charge in [0.15, 0.2) is 0 Å². The lowest BCUT2D eigenvalue weighted by Gasteiger charge is -2.23. The van der Waals surface area contributed by atoms with E-state index in [2.05, 4.69) is 15.9 Å². The van der Waals surface area contributed by atoms with E-state index in [-0.39, 0.29) is 5.60 Å². The maximum atomic E-state index is 5.78. The molecular formula is C11H14BrNOS. The molecule has 0 aromatic heterocycles. The van der Waals surface area contributed by atoms with Crippen LogP contribution in [0.25, 0.3) is 0 Å². The van der Waals surface area contributed by atoms with Gasteiger partial charge in [-0.2, -0.15) is 0 Å². The van der Waals surface area contributed by atoms with Crippen LogP contribution in [0.3, 0.4) is 0 Å². The Balaban J connectivity index is 3.18. The van der Waals surface area contributed by atoms with Gasteiger partial charge in [-0.3, -0.25) is 0 Å². The Labute approximate surface area is 104 Å². The highest BCUT2D eigenvalue weighted by molar-refractivity contribution is 9.10. The van der Waals surface area contributed by atoms with E-state index in [9.17, 15) is 0 Å². The summed E-state index contributed by atoms with van der Waals surface area (Å²) in [5.41, 5.74) is 6.14. The molecule has 0 amide bonds. The summed E-state index contributed by atoms with van der Waals surface area (Å²) < 4.78 is 6.64. The van der Waals surface area contributed by atoms with Gasteiger partial charge in [0, 0.05) is 4.47 Å². The van der Waals surface area contributed by atoms with E-state index >= 15 is 0 Å². The van der Waals surface area contributed by atoms with Crippen LogP contribution in [0.4, 0.5) is 0 Å². The van der Waals surface area contributed by atoms with Gasteiger partial charge in [-0.05, 0) is 48.8 Å². The number of hydrogen-bond acceptors (Lipinski definition) is 2. The van der Waals surface area contributed by atoms with Gasteiger partial charge in [-0.15, -0.1) is 0 Å². The van der Waals surface area contributed by atoms with Gasteiger partial charge >= 0.3 is 0 Å². The van der Waals surface area contributed by atoms with Gasteiger partial charge in [0.1, 0.15) is 16.3 Å². The molecule has 0 heterocycles. The second-order valence-electron chi connectivity index (χ2n) is 4.19. The molecule has 0 spiro atoms. The maximum Gasteiger partial charge on any atom is 0.131 e. The van der Waals surface area contributed by atoms with Crippen LogP contribution in [0.2, 0.25) is 0 Å². The van der Waals surface area contributed by atoms with Gasteiger partial charge in [-0.1, -0.05) is 18.3 Å². The van der Waals surface area contributed by atoms with Crippen molar-refractivity contribution >= 4 is 33.1 Å². The van der Waals surface area contributed by atoms with E-state index < -0.39 is 0 Å². The minimum Gasteiger partial charge on any atom is -0.487 e. The van der Waals surface area contributed by atoms with Crippen LogP contribution in [-0.2, 0) is 0 Å². The number of benzene rings is 1. The summed E-state index contributed by atoms with van der Waals surface area (Å²) >= 11 is 8.40. The summed E-state index contributed by atoms with van der Waals surface area (Å²) in [5.74, 6) is 0.712. The summed E-state index contributed by atoms with van der Waals surface area (Å²) in [6, 6.07) is 5.65. The zero-order valence-corrected chi connectivity index (χ0v) is 11.4. The Hall–Kier alpha value is -0.610. The summed E-state index contributed by atoms with van der Waals surface area (Å²) in [7, 11) is 0. The van der Waals surface area contributed by atoms with E-state index in [1.165, 1.54) is 0 Å². The van der Waals surface area contributed by atoms with E-state index in [1.807, 2.05) is 39.0 Å².